The van der Waals surface area contributed by atoms with E-state index in [1.54, 1.807) is 6.20 Å². The second-order valence-corrected chi connectivity index (χ2v) is 6.53. The quantitative estimate of drug-likeness (QED) is 0.844. The lowest BCUT2D eigenvalue weighted by Gasteiger charge is -2.33. The van der Waals surface area contributed by atoms with Gasteiger partial charge in [0, 0.05) is 50.5 Å². The van der Waals surface area contributed by atoms with Gasteiger partial charge in [-0.3, -0.25) is 14.9 Å². The summed E-state index contributed by atoms with van der Waals surface area (Å²) in [5.41, 5.74) is 5.09. The predicted octanol–water partition coefficient (Wildman–Crippen LogP) is 2.34. The fraction of sp³-hybridized carbons (Fsp3) is 0.474. The van der Waals surface area contributed by atoms with Crippen LogP contribution in [0.25, 0.3) is 0 Å². The molecule has 5 nitrogen and oxygen atoms in total. The van der Waals surface area contributed by atoms with Crippen LogP contribution >= 0.6 is 0 Å². The largest absolute Gasteiger partial charge is 0.380 e. The molecule has 2 aromatic heterocycles. The molecule has 0 N–H and O–H groups in total. The van der Waals surface area contributed by atoms with Crippen LogP contribution in [0.15, 0.2) is 36.9 Å². The number of nitrogens with zero attached hydrogens (tertiary/aromatic N) is 3. The fourth-order valence-corrected chi connectivity index (χ4v) is 3.60. The number of aromatic nitrogens is 2. The lowest BCUT2D eigenvalue weighted by Crippen LogP contribution is -2.40. The van der Waals surface area contributed by atoms with Gasteiger partial charge in [-0.15, -0.1) is 0 Å². The van der Waals surface area contributed by atoms with E-state index in [1.807, 2.05) is 30.7 Å². The molecule has 0 aliphatic carbocycles. The smallest absolute Gasteiger partial charge is 0.0739 e. The van der Waals surface area contributed by atoms with Crippen LogP contribution in [0.3, 0.4) is 0 Å². The summed E-state index contributed by atoms with van der Waals surface area (Å²) in [5, 5.41) is 0. The Bertz CT molecular complexity index is 672. The van der Waals surface area contributed by atoms with Gasteiger partial charge >= 0.3 is 0 Å². The van der Waals surface area contributed by atoms with E-state index in [1.165, 1.54) is 16.7 Å². The van der Waals surface area contributed by atoms with Gasteiger partial charge in [0.25, 0.3) is 0 Å². The van der Waals surface area contributed by atoms with Crippen molar-refractivity contribution in [3.63, 3.8) is 0 Å². The molecule has 0 bridgehead atoms. The monoisotopic (exact) mass is 325 g/mol. The third-order valence-corrected chi connectivity index (χ3v) is 4.93. The van der Waals surface area contributed by atoms with E-state index in [9.17, 15) is 0 Å². The number of pyridine rings is 2. The molecule has 0 saturated carbocycles. The van der Waals surface area contributed by atoms with Crippen molar-refractivity contribution in [3.8, 4) is 0 Å². The van der Waals surface area contributed by atoms with Gasteiger partial charge < -0.3 is 9.47 Å². The molecule has 2 aliphatic heterocycles. The Labute approximate surface area is 142 Å². The Balaban J connectivity index is 1.40. The molecule has 0 spiro atoms. The van der Waals surface area contributed by atoms with Crippen LogP contribution in [-0.4, -0.2) is 40.7 Å². The molecule has 126 valence electrons. The Morgan fingerprint density at radius 1 is 1.21 bits per heavy atom. The van der Waals surface area contributed by atoms with Crippen LogP contribution in [0.1, 0.15) is 28.7 Å². The highest BCUT2D eigenvalue weighted by Crippen LogP contribution is 2.25. The van der Waals surface area contributed by atoms with E-state index >= 15 is 0 Å². The first-order valence-electron chi connectivity index (χ1n) is 8.63. The predicted molar refractivity (Wildman–Crippen MR) is 90.3 cm³/mol. The van der Waals surface area contributed by atoms with Gasteiger partial charge in [-0.05, 0) is 41.2 Å². The number of hydrogen-bond acceptors (Lipinski definition) is 5. The molecule has 1 saturated heterocycles. The van der Waals surface area contributed by atoms with Crippen molar-refractivity contribution in [1.29, 1.82) is 0 Å². The first-order valence-corrected chi connectivity index (χ1v) is 8.63. The maximum atomic E-state index is 5.88. The first kappa shape index (κ1) is 15.7. The zero-order valence-electron chi connectivity index (χ0n) is 13.9. The summed E-state index contributed by atoms with van der Waals surface area (Å²) >= 11 is 0. The average Bonchev–Trinajstić information content (AvgIpc) is 3.17. The number of fused-ring (bicyclic) bond motifs is 1. The summed E-state index contributed by atoms with van der Waals surface area (Å²) in [5.74, 6) is 0. The van der Waals surface area contributed by atoms with Crippen molar-refractivity contribution in [2.45, 2.75) is 38.6 Å². The van der Waals surface area contributed by atoms with E-state index in [2.05, 4.69) is 14.9 Å². The maximum Gasteiger partial charge on any atom is 0.0739 e. The Hall–Kier alpha value is -1.82. The Morgan fingerprint density at radius 2 is 2.21 bits per heavy atom. The van der Waals surface area contributed by atoms with Gasteiger partial charge in [-0.2, -0.15) is 0 Å². The molecule has 0 amide bonds. The second kappa shape index (κ2) is 7.38. The molecule has 2 aromatic rings. The molecule has 0 unspecified atom stereocenters. The van der Waals surface area contributed by atoms with Crippen LogP contribution in [0.4, 0.5) is 0 Å². The second-order valence-electron chi connectivity index (χ2n) is 6.53. The molecule has 2 aliphatic rings. The standard InChI is InChI=1S/C19H23N3O2/c1-2-15(8-20-5-1)12-24-13-17-10-21-9-16-11-22(6-3-19(16)17)18-4-7-23-14-18/h1-2,5,8-10,18H,3-4,6-7,11-14H2/t18-/m0/s1. The van der Waals surface area contributed by atoms with Gasteiger partial charge in [0.05, 0.1) is 19.8 Å². The van der Waals surface area contributed by atoms with Crippen molar-refractivity contribution >= 4 is 0 Å². The Morgan fingerprint density at radius 3 is 3.04 bits per heavy atom. The van der Waals surface area contributed by atoms with E-state index in [0.29, 0.717) is 19.3 Å². The van der Waals surface area contributed by atoms with Crippen molar-refractivity contribution in [2.24, 2.45) is 0 Å². The lowest BCUT2D eigenvalue weighted by atomic mass is 9.96. The molecule has 1 atom stereocenters. The fourth-order valence-electron chi connectivity index (χ4n) is 3.60. The molecule has 4 heterocycles. The average molecular weight is 325 g/mol. The van der Waals surface area contributed by atoms with Crippen molar-refractivity contribution in [3.05, 3.63) is 59.2 Å². The SMILES string of the molecule is c1cncc(COCc2cncc3c2CCN([C@H]2CCOC2)C3)c1. The molecule has 1 fully saturated rings. The highest BCUT2D eigenvalue weighted by Gasteiger charge is 2.27. The minimum atomic E-state index is 0.573. The maximum absolute atomic E-state index is 5.88. The minimum absolute atomic E-state index is 0.573. The number of ether oxygens (including phenoxy) is 2. The Kier molecular flexibility index (Phi) is 4.83. The highest BCUT2D eigenvalue weighted by molar-refractivity contribution is 5.33. The zero-order chi connectivity index (χ0) is 16.2. The van der Waals surface area contributed by atoms with E-state index in [-0.39, 0.29) is 0 Å². The summed E-state index contributed by atoms with van der Waals surface area (Å²) in [4.78, 5) is 11.1. The van der Waals surface area contributed by atoms with Gasteiger partial charge in [0.1, 0.15) is 0 Å². The molecule has 24 heavy (non-hydrogen) atoms. The summed E-state index contributed by atoms with van der Waals surface area (Å²) in [7, 11) is 0. The van der Waals surface area contributed by atoms with Gasteiger partial charge in [-0.25, -0.2) is 0 Å². The van der Waals surface area contributed by atoms with Crippen LogP contribution < -0.4 is 0 Å². The van der Waals surface area contributed by atoms with Crippen LogP contribution in [-0.2, 0) is 35.7 Å². The van der Waals surface area contributed by atoms with E-state index < -0.39 is 0 Å². The number of hydrogen-bond donors (Lipinski definition) is 0. The van der Waals surface area contributed by atoms with Crippen LogP contribution in [0.2, 0.25) is 0 Å². The molecule has 0 aromatic carbocycles. The van der Waals surface area contributed by atoms with Crippen LogP contribution in [0.5, 0.6) is 0 Å². The molecule has 4 rings (SSSR count). The summed E-state index contributed by atoms with van der Waals surface area (Å²) < 4.78 is 11.4. The van der Waals surface area contributed by atoms with Crippen molar-refractivity contribution in [1.82, 2.24) is 14.9 Å². The summed E-state index contributed by atoms with van der Waals surface area (Å²) in [6, 6.07) is 4.54. The summed E-state index contributed by atoms with van der Waals surface area (Å²) in [6.45, 7) is 5.04. The van der Waals surface area contributed by atoms with Crippen LogP contribution in [0, 0.1) is 0 Å². The van der Waals surface area contributed by atoms with Gasteiger partial charge in [0.2, 0.25) is 0 Å². The van der Waals surface area contributed by atoms with E-state index in [4.69, 9.17) is 9.47 Å². The highest BCUT2D eigenvalue weighted by atomic mass is 16.5. The number of rotatable bonds is 5. The third kappa shape index (κ3) is 3.48. The van der Waals surface area contributed by atoms with E-state index in [0.717, 1.165) is 44.7 Å². The topological polar surface area (TPSA) is 47.5 Å². The molecular weight excluding hydrogens is 302 g/mol. The van der Waals surface area contributed by atoms with Gasteiger partial charge in [0.15, 0.2) is 0 Å². The first-order chi connectivity index (χ1) is 11.9. The third-order valence-electron chi connectivity index (χ3n) is 4.93. The lowest BCUT2D eigenvalue weighted by molar-refractivity contribution is 0.104. The summed E-state index contributed by atoms with van der Waals surface area (Å²) in [6.07, 6.45) is 9.82. The molecular formula is C19H23N3O2. The van der Waals surface area contributed by atoms with Gasteiger partial charge in [-0.1, -0.05) is 6.07 Å². The van der Waals surface area contributed by atoms with Crippen molar-refractivity contribution < 1.29 is 9.47 Å². The molecule has 0 radical (unpaired) electrons. The zero-order valence-corrected chi connectivity index (χ0v) is 13.9. The molecule has 5 heteroatoms. The van der Waals surface area contributed by atoms with Crippen molar-refractivity contribution in [2.75, 3.05) is 19.8 Å². The normalized spacial score (nSPS) is 20.9. The minimum Gasteiger partial charge on any atom is -0.380 e.